The Bertz CT molecular complexity index is 1250. The average Bonchev–Trinajstić information content (AvgIpc) is 2.82. The minimum atomic E-state index is -0.388. The third-order valence-corrected chi connectivity index (χ3v) is 6.88. The van der Waals surface area contributed by atoms with Gasteiger partial charge in [0.15, 0.2) is 0 Å². The van der Waals surface area contributed by atoms with Gasteiger partial charge < -0.3 is 19.7 Å². The number of aromatic hydroxyl groups is 2. The van der Waals surface area contributed by atoms with E-state index in [-0.39, 0.29) is 30.2 Å². The van der Waals surface area contributed by atoms with Crippen molar-refractivity contribution in [3.8, 4) is 23.0 Å². The van der Waals surface area contributed by atoms with Crippen LogP contribution in [0.4, 0.5) is 4.39 Å². The molecule has 0 bridgehead atoms. The lowest BCUT2D eigenvalue weighted by atomic mass is 9.85. The smallest absolute Gasteiger partial charge is 0.150 e. The molecule has 5 nitrogen and oxygen atoms in total. The molecule has 0 amide bonds. The summed E-state index contributed by atoms with van der Waals surface area (Å²) in [6.45, 7) is 6.58. The van der Waals surface area contributed by atoms with E-state index in [1.54, 1.807) is 18.2 Å². The van der Waals surface area contributed by atoms with Gasteiger partial charge in [0.2, 0.25) is 0 Å². The van der Waals surface area contributed by atoms with Crippen molar-refractivity contribution in [2.24, 2.45) is 5.92 Å². The first kappa shape index (κ1) is 23.2. The maximum atomic E-state index is 12.6. The Morgan fingerprint density at radius 3 is 2.51 bits per heavy atom. The van der Waals surface area contributed by atoms with Crippen molar-refractivity contribution in [1.29, 1.82) is 0 Å². The summed E-state index contributed by atoms with van der Waals surface area (Å²) in [7, 11) is 0. The Kier molecular flexibility index (Phi) is 6.39. The predicted molar refractivity (Wildman–Crippen MR) is 135 cm³/mol. The molecule has 182 valence electrons. The van der Waals surface area contributed by atoms with Gasteiger partial charge in [-0.2, -0.15) is 0 Å². The van der Waals surface area contributed by atoms with Gasteiger partial charge in [0, 0.05) is 36.7 Å². The fourth-order valence-corrected chi connectivity index (χ4v) is 4.85. The van der Waals surface area contributed by atoms with Crippen LogP contribution in [-0.2, 0) is 0 Å². The molecule has 1 fully saturated rings. The lowest BCUT2D eigenvalue weighted by Gasteiger charge is -2.37. The number of nitrogens with zero attached hydrogens (tertiary/aromatic N) is 1. The third-order valence-electron chi connectivity index (χ3n) is 6.88. The second kappa shape index (κ2) is 9.62. The molecule has 3 aromatic rings. The minimum absolute atomic E-state index is 0.180. The SMILES string of the molecule is CC1=C(c2cccc(O)c2)C(c2ccc(OCCN3CC(CF)C3)cc2)Oc2cc(C)c(O)cc21. The Balaban J connectivity index is 1.40. The van der Waals surface area contributed by atoms with Crippen molar-refractivity contribution in [3.63, 3.8) is 0 Å². The predicted octanol–water partition coefficient (Wildman–Crippen LogP) is 5.75. The highest BCUT2D eigenvalue weighted by Crippen LogP contribution is 2.48. The second-order valence-electron chi connectivity index (χ2n) is 9.42. The van der Waals surface area contributed by atoms with Crippen LogP contribution in [-0.4, -0.2) is 48.0 Å². The number of aryl methyl sites for hydroxylation is 1. The number of benzene rings is 3. The maximum Gasteiger partial charge on any atom is 0.150 e. The fraction of sp³-hybridized carbons (Fsp3) is 0.310. The first-order chi connectivity index (χ1) is 16.9. The van der Waals surface area contributed by atoms with Crippen LogP contribution in [0.3, 0.4) is 0 Å². The molecule has 0 spiro atoms. The number of hydrogen-bond acceptors (Lipinski definition) is 5. The van der Waals surface area contributed by atoms with Gasteiger partial charge in [-0.05, 0) is 72.5 Å². The molecular weight excluding hydrogens is 445 g/mol. The van der Waals surface area contributed by atoms with Crippen LogP contribution in [0.2, 0.25) is 0 Å². The van der Waals surface area contributed by atoms with Gasteiger partial charge >= 0.3 is 0 Å². The number of likely N-dealkylation sites (tertiary alicyclic amines) is 1. The molecule has 2 N–H and O–H groups in total. The summed E-state index contributed by atoms with van der Waals surface area (Å²) in [4.78, 5) is 2.20. The first-order valence-electron chi connectivity index (χ1n) is 11.9. The highest BCUT2D eigenvalue weighted by atomic mass is 19.1. The number of rotatable bonds is 7. The van der Waals surface area contributed by atoms with E-state index in [0.29, 0.717) is 12.4 Å². The van der Waals surface area contributed by atoms with Gasteiger partial charge in [-0.25, -0.2) is 0 Å². The lowest BCUT2D eigenvalue weighted by molar-refractivity contribution is 0.0668. The number of phenolic OH excluding ortho intramolecular Hbond substituents is 2. The van der Waals surface area contributed by atoms with Crippen molar-refractivity contribution in [1.82, 2.24) is 4.90 Å². The summed E-state index contributed by atoms with van der Waals surface area (Å²) in [6, 6.07) is 18.6. The van der Waals surface area contributed by atoms with Crippen LogP contribution < -0.4 is 9.47 Å². The van der Waals surface area contributed by atoms with E-state index in [1.807, 2.05) is 56.3 Å². The summed E-state index contributed by atoms with van der Waals surface area (Å²) in [5, 5.41) is 20.4. The van der Waals surface area contributed by atoms with Crippen LogP contribution in [0, 0.1) is 12.8 Å². The lowest BCUT2D eigenvalue weighted by Crippen LogP contribution is -2.49. The zero-order valence-corrected chi connectivity index (χ0v) is 20.0. The van der Waals surface area contributed by atoms with Gasteiger partial charge in [-0.3, -0.25) is 9.29 Å². The van der Waals surface area contributed by atoms with Crippen molar-refractivity contribution >= 4 is 11.1 Å². The van der Waals surface area contributed by atoms with Crippen LogP contribution in [0.5, 0.6) is 23.0 Å². The molecule has 1 saturated heterocycles. The van der Waals surface area contributed by atoms with Crippen molar-refractivity contribution in [2.45, 2.75) is 20.0 Å². The van der Waals surface area contributed by atoms with Gasteiger partial charge in [0.05, 0.1) is 6.67 Å². The number of fused-ring (bicyclic) bond motifs is 1. The van der Waals surface area contributed by atoms with Crippen molar-refractivity contribution in [3.05, 3.63) is 82.9 Å². The zero-order chi connectivity index (χ0) is 24.5. The number of hydrogen-bond donors (Lipinski definition) is 2. The number of halogens is 1. The molecule has 0 radical (unpaired) electrons. The van der Waals surface area contributed by atoms with E-state index in [1.165, 1.54) is 0 Å². The molecular formula is C29H30FNO4. The van der Waals surface area contributed by atoms with Gasteiger partial charge in [0.1, 0.15) is 35.7 Å². The van der Waals surface area contributed by atoms with Crippen LogP contribution in [0.1, 0.15) is 35.3 Å². The first-order valence-corrected chi connectivity index (χ1v) is 11.9. The Labute approximate surface area is 205 Å². The van der Waals surface area contributed by atoms with Crippen molar-refractivity contribution < 1.29 is 24.1 Å². The molecule has 2 aliphatic rings. The molecule has 0 aromatic heterocycles. The van der Waals surface area contributed by atoms with Crippen molar-refractivity contribution in [2.75, 3.05) is 32.9 Å². The van der Waals surface area contributed by atoms with E-state index in [0.717, 1.165) is 58.8 Å². The van der Waals surface area contributed by atoms with Gasteiger partial charge in [-0.1, -0.05) is 24.3 Å². The summed E-state index contributed by atoms with van der Waals surface area (Å²) >= 11 is 0. The van der Waals surface area contributed by atoms with E-state index in [4.69, 9.17) is 9.47 Å². The molecule has 6 heteroatoms. The molecule has 2 heterocycles. The monoisotopic (exact) mass is 475 g/mol. The number of ether oxygens (including phenoxy) is 2. The zero-order valence-electron chi connectivity index (χ0n) is 20.0. The molecule has 5 rings (SSSR count). The largest absolute Gasteiger partial charge is 0.508 e. The van der Waals surface area contributed by atoms with Crippen LogP contribution >= 0.6 is 0 Å². The molecule has 0 saturated carbocycles. The highest BCUT2D eigenvalue weighted by Gasteiger charge is 2.30. The quantitative estimate of drug-likeness (QED) is 0.456. The molecule has 2 aliphatic heterocycles. The van der Waals surface area contributed by atoms with Gasteiger partial charge in [0.25, 0.3) is 0 Å². The van der Waals surface area contributed by atoms with E-state index in [2.05, 4.69) is 4.90 Å². The molecule has 35 heavy (non-hydrogen) atoms. The van der Waals surface area contributed by atoms with Crippen LogP contribution in [0.25, 0.3) is 11.1 Å². The number of allylic oxidation sites excluding steroid dienone is 1. The topological polar surface area (TPSA) is 62.2 Å². The maximum absolute atomic E-state index is 12.6. The Hall–Kier alpha value is -3.51. The molecule has 1 atom stereocenters. The van der Waals surface area contributed by atoms with Crippen LogP contribution in [0.15, 0.2) is 60.7 Å². The average molecular weight is 476 g/mol. The fourth-order valence-electron chi connectivity index (χ4n) is 4.85. The number of phenols is 2. The molecule has 0 aliphatic carbocycles. The second-order valence-corrected chi connectivity index (χ2v) is 9.42. The summed E-state index contributed by atoms with van der Waals surface area (Å²) in [5.74, 6) is 2.07. The van der Waals surface area contributed by atoms with E-state index in [9.17, 15) is 14.6 Å². The normalized spacial score (nSPS) is 18.1. The highest BCUT2D eigenvalue weighted by molar-refractivity contribution is 5.96. The summed E-state index contributed by atoms with van der Waals surface area (Å²) in [6.07, 6.45) is -0.388. The third kappa shape index (κ3) is 4.71. The Morgan fingerprint density at radius 1 is 1.03 bits per heavy atom. The molecule has 3 aromatic carbocycles. The van der Waals surface area contributed by atoms with E-state index >= 15 is 0 Å². The summed E-state index contributed by atoms with van der Waals surface area (Å²) in [5.41, 5.74) is 5.33. The Morgan fingerprint density at radius 2 is 1.80 bits per heavy atom. The number of alkyl halides is 1. The minimum Gasteiger partial charge on any atom is -0.508 e. The molecule has 1 unspecified atom stereocenters. The van der Waals surface area contributed by atoms with Gasteiger partial charge in [-0.15, -0.1) is 0 Å². The van der Waals surface area contributed by atoms with E-state index < -0.39 is 0 Å². The standard InChI is InChI=1S/C29H30FNO4/c1-18-12-27-25(14-26(18)33)19(2)28(22-4-3-5-23(32)13-22)29(35-27)21-6-8-24(9-7-21)34-11-10-31-16-20(15-30)17-31/h3-9,12-14,20,29,32-33H,10-11,15-17H2,1-2H3. The summed E-state index contributed by atoms with van der Waals surface area (Å²) < 4.78 is 25.0.